The number of aromatic nitrogens is 3. The SMILES string of the molecule is Cc1ccnc(Nc2cccc(-c3cnc(N4CCC(CC(=O)O)C4)s3)n2)c1. The molecule has 0 spiro atoms. The van der Waals surface area contributed by atoms with Crippen LogP contribution in [0.15, 0.2) is 42.7 Å². The molecule has 3 aromatic rings. The van der Waals surface area contributed by atoms with Gasteiger partial charge >= 0.3 is 5.97 Å². The van der Waals surface area contributed by atoms with Crippen LogP contribution in [-0.4, -0.2) is 39.1 Å². The molecule has 1 aliphatic heterocycles. The number of nitrogens with one attached hydrogen (secondary N) is 1. The summed E-state index contributed by atoms with van der Waals surface area (Å²) in [5.74, 6) is 0.949. The summed E-state index contributed by atoms with van der Waals surface area (Å²) in [6.45, 7) is 3.61. The summed E-state index contributed by atoms with van der Waals surface area (Å²) in [7, 11) is 0. The summed E-state index contributed by atoms with van der Waals surface area (Å²) in [6.07, 6.45) is 4.71. The van der Waals surface area contributed by atoms with Crippen LogP contribution in [0.1, 0.15) is 18.4 Å². The number of aryl methyl sites for hydroxylation is 1. The summed E-state index contributed by atoms with van der Waals surface area (Å²) in [5, 5.41) is 13.1. The van der Waals surface area contributed by atoms with Crippen LogP contribution in [0.3, 0.4) is 0 Å². The lowest BCUT2D eigenvalue weighted by Gasteiger charge is -2.14. The molecule has 0 amide bonds. The molecule has 0 bridgehead atoms. The molecular formula is C20H21N5O2S. The van der Waals surface area contributed by atoms with Gasteiger partial charge in [0, 0.05) is 31.9 Å². The number of hydrogen-bond donors (Lipinski definition) is 2. The number of rotatable bonds is 6. The highest BCUT2D eigenvalue weighted by molar-refractivity contribution is 7.18. The van der Waals surface area contributed by atoms with Gasteiger partial charge in [0.05, 0.1) is 10.6 Å². The van der Waals surface area contributed by atoms with Crippen LogP contribution in [0.4, 0.5) is 16.8 Å². The normalized spacial score (nSPS) is 16.3. The molecule has 0 aliphatic carbocycles. The lowest BCUT2D eigenvalue weighted by Crippen LogP contribution is -2.20. The summed E-state index contributed by atoms with van der Waals surface area (Å²) in [5.41, 5.74) is 1.98. The zero-order valence-electron chi connectivity index (χ0n) is 15.5. The smallest absolute Gasteiger partial charge is 0.303 e. The molecule has 4 heterocycles. The standard InChI is InChI=1S/C20H21N5O2S/c1-13-5-7-21-18(9-13)24-17-4-2-3-15(23-17)16-11-22-20(28-16)25-8-6-14(12-25)10-19(26)27/h2-5,7,9,11,14H,6,8,10,12H2,1H3,(H,26,27)(H,21,23,24). The van der Waals surface area contributed by atoms with Crippen molar-refractivity contribution < 1.29 is 9.90 Å². The van der Waals surface area contributed by atoms with E-state index < -0.39 is 5.97 Å². The van der Waals surface area contributed by atoms with Gasteiger partial charge in [0.25, 0.3) is 0 Å². The molecule has 4 rings (SSSR count). The second-order valence-electron chi connectivity index (χ2n) is 6.96. The van der Waals surface area contributed by atoms with E-state index in [1.807, 2.05) is 43.5 Å². The third kappa shape index (κ3) is 4.28. The predicted molar refractivity (Wildman–Crippen MR) is 110 cm³/mol. The van der Waals surface area contributed by atoms with Crippen LogP contribution >= 0.6 is 11.3 Å². The number of hydrogen-bond acceptors (Lipinski definition) is 7. The molecular weight excluding hydrogens is 374 g/mol. The molecule has 144 valence electrons. The largest absolute Gasteiger partial charge is 0.481 e. The molecule has 8 heteroatoms. The Kier molecular flexibility index (Phi) is 5.21. The van der Waals surface area contributed by atoms with E-state index in [9.17, 15) is 4.79 Å². The number of carbonyl (C=O) groups is 1. The lowest BCUT2D eigenvalue weighted by molar-refractivity contribution is -0.137. The average Bonchev–Trinajstić information content (AvgIpc) is 3.31. The minimum absolute atomic E-state index is 0.192. The molecule has 0 aromatic carbocycles. The third-order valence-corrected chi connectivity index (χ3v) is 5.77. The van der Waals surface area contributed by atoms with Crippen molar-refractivity contribution in [1.82, 2.24) is 15.0 Å². The molecule has 28 heavy (non-hydrogen) atoms. The van der Waals surface area contributed by atoms with Crippen LogP contribution < -0.4 is 10.2 Å². The summed E-state index contributed by atoms with van der Waals surface area (Å²) >= 11 is 1.58. The Balaban J connectivity index is 1.47. The maximum absolute atomic E-state index is 10.9. The van der Waals surface area contributed by atoms with Crippen LogP contribution in [0.2, 0.25) is 0 Å². The predicted octanol–water partition coefficient (Wildman–Crippen LogP) is 3.95. The first-order valence-electron chi connectivity index (χ1n) is 9.16. The first-order valence-corrected chi connectivity index (χ1v) is 9.98. The molecule has 1 unspecified atom stereocenters. The van der Waals surface area contributed by atoms with E-state index in [1.54, 1.807) is 17.5 Å². The summed E-state index contributed by atoms with van der Waals surface area (Å²) in [4.78, 5) is 27.6. The summed E-state index contributed by atoms with van der Waals surface area (Å²) in [6, 6.07) is 9.75. The Hall–Kier alpha value is -3.00. The average molecular weight is 395 g/mol. The van der Waals surface area contributed by atoms with Crippen LogP contribution in [0.25, 0.3) is 10.6 Å². The number of nitrogens with zero attached hydrogens (tertiary/aromatic N) is 4. The third-order valence-electron chi connectivity index (χ3n) is 4.69. The van der Waals surface area contributed by atoms with Gasteiger partial charge in [-0.25, -0.2) is 15.0 Å². The van der Waals surface area contributed by atoms with Crippen molar-refractivity contribution in [2.24, 2.45) is 5.92 Å². The number of carboxylic acid groups (broad SMARTS) is 1. The Morgan fingerprint density at radius 1 is 1.32 bits per heavy atom. The maximum Gasteiger partial charge on any atom is 0.303 e. The zero-order valence-corrected chi connectivity index (χ0v) is 16.3. The molecule has 2 N–H and O–H groups in total. The topological polar surface area (TPSA) is 91.2 Å². The number of pyridine rings is 2. The molecule has 1 atom stereocenters. The van der Waals surface area contributed by atoms with Crippen LogP contribution in [0.5, 0.6) is 0 Å². The second-order valence-corrected chi connectivity index (χ2v) is 7.97. The van der Waals surface area contributed by atoms with Gasteiger partial charge in [0.2, 0.25) is 0 Å². The minimum Gasteiger partial charge on any atom is -0.481 e. The molecule has 1 aliphatic rings. The van der Waals surface area contributed by atoms with Crippen molar-refractivity contribution in [1.29, 1.82) is 0 Å². The van der Waals surface area contributed by atoms with Gasteiger partial charge in [0.1, 0.15) is 11.6 Å². The first-order chi connectivity index (χ1) is 13.6. The van der Waals surface area contributed by atoms with Gasteiger partial charge in [-0.3, -0.25) is 4.79 Å². The van der Waals surface area contributed by atoms with Gasteiger partial charge in [-0.2, -0.15) is 0 Å². The molecule has 1 fully saturated rings. The number of carboxylic acids is 1. The fourth-order valence-electron chi connectivity index (χ4n) is 3.33. The van der Waals surface area contributed by atoms with Crippen molar-refractivity contribution >= 4 is 34.1 Å². The fraction of sp³-hybridized carbons (Fsp3) is 0.300. The zero-order chi connectivity index (χ0) is 19.5. The highest BCUT2D eigenvalue weighted by Gasteiger charge is 2.26. The lowest BCUT2D eigenvalue weighted by atomic mass is 10.1. The van der Waals surface area contributed by atoms with Gasteiger partial charge < -0.3 is 15.3 Å². The van der Waals surface area contributed by atoms with Crippen LogP contribution in [0, 0.1) is 12.8 Å². The van der Waals surface area contributed by atoms with E-state index in [2.05, 4.69) is 25.2 Å². The molecule has 1 saturated heterocycles. The van der Waals surface area contributed by atoms with E-state index in [4.69, 9.17) is 5.11 Å². The van der Waals surface area contributed by atoms with Gasteiger partial charge in [-0.15, -0.1) is 0 Å². The van der Waals surface area contributed by atoms with E-state index >= 15 is 0 Å². The van der Waals surface area contributed by atoms with E-state index in [0.717, 1.165) is 52.4 Å². The Labute approximate surface area is 167 Å². The minimum atomic E-state index is -0.733. The highest BCUT2D eigenvalue weighted by atomic mass is 32.1. The monoisotopic (exact) mass is 395 g/mol. The van der Waals surface area contributed by atoms with Crippen molar-refractivity contribution in [3.63, 3.8) is 0 Å². The molecule has 7 nitrogen and oxygen atoms in total. The van der Waals surface area contributed by atoms with Gasteiger partial charge in [0.15, 0.2) is 5.13 Å². The highest BCUT2D eigenvalue weighted by Crippen LogP contribution is 2.34. The van der Waals surface area contributed by atoms with Crippen molar-refractivity contribution in [3.05, 3.63) is 48.3 Å². The number of thiazole rings is 1. The fourth-order valence-corrected chi connectivity index (χ4v) is 4.25. The van der Waals surface area contributed by atoms with Gasteiger partial charge in [-0.05, 0) is 49.1 Å². The number of aliphatic carboxylic acids is 1. The van der Waals surface area contributed by atoms with Crippen molar-refractivity contribution in [3.8, 4) is 10.6 Å². The van der Waals surface area contributed by atoms with Crippen molar-refractivity contribution in [2.75, 3.05) is 23.3 Å². The number of anilines is 3. The molecule has 0 radical (unpaired) electrons. The Morgan fingerprint density at radius 2 is 2.21 bits per heavy atom. The quantitative estimate of drug-likeness (QED) is 0.653. The maximum atomic E-state index is 10.9. The Morgan fingerprint density at radius 3 is 3.04 bits per heavy atom. The first kappa shape index (κ1) is 18.4. The van der Waals surface area contributed by atoms with E-state index in [1.165, 1.54) is 0 Å². The second kappa shape index (κ2) is 7.93. The van der Waals surface area contributed by atoms with Crippen LogP contribution in [-0.2, 0) is 4.79 Å². The summed E-state index contributed by atoms with van der Waals surface area (Å²) < 4.78 is 0. The molecule has 0 saturated carbocycles. The molecule has 3 aromatic heterocycles. The van der Waals surface area contributed by atoms with E-state index in [-0.39, 0.29) is 12.3 Å². The van der Waals surface area contributed by atoms with Gasteiger partial charge in [-0.1, -0.05) is 17.4 Å². The van der Waals surface area contributed by atoms with Crippen molar-refractivity contribution in [2.45, 2.75) is 19.8 Å². The Bertz CT molecular complexity index is 990. The van der Waals surface area contributed by atoms with E-state index in [0.29, 0.717) is 0 Å².